The Morgan fingerprint density at radius 1 is 1.15 bits per heavy atom. The van der Waals surface area contributed by atoms with Crippen molar-refractivity contribution in [3.8, 4) is 0 Å². The van der Waals surface area contributed by atoms with Crippen LogP contribution in [0.5, 0.6) is 0 Å². The van der Waals surface area contributed by atoms with Gasteiger partial charge in [0.25, 0.3) is 0 Å². The largest absolute Gasteiger partial charge is 0.350 e. The molecule has 1 saturated heterocycles. The second kappa shape index (κ2) is 8.03. The van der Waals surface area contributed by atoms with Crippen LogP contribution in [0.2, 0.25) is 0 Å². The first kappa shape index (κ1) is 19.3. The summed E-state index contributed by atoms with van der Waals surface area (Å²) >= 11 is 0. The maximum Gasteiger partial charge on any atom is 0.243 e. The van der Waals surface area contributed by atoms with Gasteiger partial charge in [0.05, 0.1) is 11.8 Å². The van der Waals surface area contributed by atoms with E-state index in [2.05, 4.69) is 5.32 Å². The third kappa shape index (κ3) is 3.94. The quantitative estimate of drug-likeness (QED) is 0.617. The van der Waals surface area contributed by atoms with Gasteiger partial charge in [0.15, 0.2) is 0 Å². The van der Waals surface area contributed by atoms with Crippen molar-refractivity contribution < 1.29 is 18.8 Å². The second-order valence-corrected chi connectivity index (χ2v) is 7.66. The van der Waals surface area contributed by atoms with E-state index in [1.165, 1.54) is 11.0 Å². The van der Waals surface area contributed by atoms with Crippen LogP contribution in [0.25, 0.3) is 0 Å². The van der Waals surface area contributed by atoms with E-state index in [0.717, 1.165) is 0 Å². The highest BCUT2D eigenvalue weighted by atomic mass is 19.1. The Morgan fingerprint density at radius 3 is 2.30 bits per heavy atom. The normalized spacial score (nSPS) is 22.9. The minimum Gasteiger partial charge on any atom is -0.350 e. The zero-order valence-electron chi connectivity index (χ0n) is 15.7. The van der Waals surface area contributed by atoms with E-state index >= 15 is 0 Å². The molecule has 0 unspecified atom stereocenters. The summed E-state index contributed by atoms with van der Waals surface area (Å²) < 4.78 is 13.8. The van der Waals surface area contributed by atoms with Gasteiger partial charge in [-0.3, -0.25) is 19.3 Å². The predicted octanol–water partition coefficient (Wildman–Crippen LogP) is 2.81. The maximum absolute atomic E-state index is 13.8. The fourth-order valence-electron chi connectivity index (χ4n) is 3.85. The molecule has 0 bridgehead atoms. The maximum atomic E-state index is 13.8. The van der Waals surface area contributed by atoms with E-state index in [0.29, 0.717) is 24.8 Å². The lowest BCUT2D eigenvalue weighted by atomic mass is 9.85. The zero-order valence-corrected chi connectivity index (χ0v) is 15.7. The number of nitrogens with one attached hydrogen (secondary N) is 1. The van der Waals surface area contributed by atoms with E-state index in [1.807, 2.05) is 26.0 Å². The number of hydrogen-bond donors (Lipinski definition) is 1. The van der Waals surface area contributed by atoms with Crippen LogP contribution in [-0.2, 0) is 20.9 Å². The SMILES string of the molecule is CC(C)C[C@H](C(=O)NCc1ccccc1F)N1C(=O)[C@H]2CC=CC[C@@H]2C1=O. The number of likely N-dealkylation sites (tertiary alicyclic amines) is 1. The number of fused-ring (bicyclic) bond motifs is 1. The molecule has 3 atom stereocenters. The first-order chi connectivity index (χ1) is 12.9. The fourth-order valence-corrected chi connectivity index (χ4v) is 3.85. The van der Waals surface area contributed by atoms with Crippen LogP contribution in [0, 0.1) is 23.6 Å². The minimum atomic E-state index is -0.859. The molecule has 3 amide bonds. The molecule has 1 aromatic carbocycles. The smallest absolute Gasteiger partial charge is 0.243 e. The van der Waals surface area contributed by atoms with Gasteiger partial charge < -0.3 is 5.32 Å². The second-order valence-electron chi connectivity index (χ2n) is 7.66. The molecule has 27 heavy (non-hydrogen) atoms. The first-order valence-corrected chi connectivity index (χ1v) is 9.43. The molecule has 5 nitrogen and oxygen atoms in total. The Balaban J connectivity index is 1.77. The van der Waals surface area contributed by atoms with Crippen LogP contribution in [0.15, 0.2) is 36.4 Å². The Hall–Kier alpha value is -2.50. The van der Waals surface area contributed by atoms with Crippen LogP contribution in [0.1, 0.15) is 38.7 Å². The molecule has 0 spiro atoms. The molecular formula is C21H25FN2O3. The van der Waals surface area contributed by atoms with Crippen molar-refractivity contribution in [2.75, 3.05) is 0 Å². The molecule has 1 aliphatic heterocycles. The molecule has 1 aromatic rings. The lowest BCUT2D eigenvalue weighted by Crippen LogP contribution is -2.50. The standard InChI is InChI=1S/C21H25FN2O3/c1-13(2)11-18(19(25)23-12-14-7-3-6-10-17(14)22)24-20(26)15-8-4-5-9-16(15)21(24)27/h3-7,10,13,15-16,18H,8-9,11-12H2,1-2H3,(H,23,25)/t15-,16-,18+/m0/s1. The number of rotatable bonds is 6. The van der Waals surface area contributed by atoms with Crippen LogP contribution in [-0.4, -0.2) is 28.7 Å². The number of imide groups is 1. The average Bonchev–Trinajstić information content (AvgIpc) is 2.90. The molecule has 1 fully saturated rings. The Bertz CT molecular complexity index is 748. The molecule has 1 aliphatic carbocycles. The molecule has 0 aromatic heterocycles. The summed E-state index contributed by atoms with van der Waals surface area (Å²) in [4.78, 5) is 39.7. The van der Waals surface area contributed by atoms with Crippen molar-refractivity contribution in [3.63, 3.8) is 0 Å². The van der Waals surface area contributed by atoms with Gasteiger partial charge in [0.2, 0.25) is 17.7 Å². The number of halogens is 1. The van der Waals surface area contributed by atoms with Crippen molar-refractivity contribution in [1.29, 1.82) is 0 Å². The summed E-state index contributed by atoms with van der Waals surface area (Å²) in [6.07, 6.45) is 5.30. The number of allylic oxidation sites excluding steroid dienone is 2. The van der Waals surface area contributed by atoms with E-state index in [-0.39, 0.29) is 36.1 Å². The summed E-state index contributed by atoms with van der Waals surface area (Å²) in [5.74, 6) is -1.95. The molecule has 0 radical (unpaired) electrons. The Kier molecular flexibility index (Phi) is 5.73. The molecule has 1 N–H and O–H groups in total. The summed E-state index contributed by atoms with van der Waals surface area (Å²) in [7, 11) is 0. The van der Waals surface area contributed by atoms with Gasteiger partial charge in [0.1, 0.15) is 11.9 Å². The topological polar surface area (TPSA) is 66.5 Å². The summed E-state index contributed by atoms with van der Waals surface area (Å²) in [6, 6.07) is 5.35. The number of hydrogen-bond acceptors (Lipinski definition) is 3. The minimum absolute atomic E-state index is 0.0186. The van der Waals surface area contributed by atoms with Crippen LogP contribution in [0.3, 0.4) is 0 Å². The third-order valence-electron chi connectivity index (χ3n) is 5.26. The number of carbonyl (C=O) groups excluding carboxylic acids is 3. The van der Waals surface area contributed by atoms with Crippen molar-refractivity contribution >= 4 is 17.7 Å². The summed E-state index contributed by atoms with van der Waals surface area (Å²) in [5, 5.41) is 2.70. The van der Waals surface area contributed by atoms with E-state index in [4.69, 9.17) is 0 Å². The Labute approximate surface area is 158 Å². The van der Waals surface area contributed by atoms with Crippen molar-refractivity contribution in [2.45, 2.75) is 45.7 Å². The first-order valence-electron chi connectivity index (χ1n) is 9.43. The number of amides is 3. The van der Waals surface area contributed by atoms with Gasteiger partial charge in [-0.05, 0) is 31.2 Å². The number of carbonyl (C=O) groups is 3. The summed E-state index contributed by atoms with van der Waals surface area (Å²) in [6.45, 7) is 3.90. The molecule has 144 valence electrons. The lowest BCUT2D eigenvalue weighted by Gasteiger charge is -2.27. The lowest BCUT2D eigenvalue weighted by molar-refractivity contribution is -0.148. The number of benzene rings is 1. The van der Waals surface area contributed by atoms with Crippen LogP contribution < -0.4 is 5.32 Å². The molecular weight excluding hydrogens is 347 g/mol. The fraction of sp³-hybridized carbons (Fsp3) is 0.476. The van der Waals surface area contributed by atoms with Crippen LogP contribution >= 0.6 is 0 Å². The summed E-state index contributed by atoms with van der Waals surface area (Å²) in [5.41, 5.74) is 0.367. The number of nitrogens with zero attached hydrogens (tertiary/aromatic N) is 1. The Morgan fingerprint density at radius 2 is 1.74 bits per heavy atom. The van der Waals surface area contributed by atoms with Gasteiger partial charge in [0, 0.05) is 12.1 Å². The highest BCUT2D eigenvalue weighted by Crippen LogP contribution is 2.37. The van der Waals surface area contributed by atoms with Gasteiger partial charge >= 0.3 is 0 Å². The predicted molar refractivity (Wildman–Crippen MR) is 98.7 cm³/mol. The monoisotopic (exact) mass is 372 g/mol. The molecule has 0 saturated carbocycles. The van der Waals surface area contributed by atoms with Crippen molar-refractivity contribution in [2.24, 2.45) is 17.8 Å². The van der Waals surface area contributed by atoms with E-state index in [9.17, 15) is 18.8 Å². The molecule has 6 heteroatoms. The highest BCUT2D eigenvalue weighted by molar-refractivity contribution is 6.08. The zero-order chi connectivity index (χ0) is 19.6. The van der Waals surface area contributed by atoms with Gasteiger partial charge in [-0.2, -0.15) is 0 Å². The molecule has 3 rings (SSSR count). The van der Waals surface area contributed by atoms with Crippen molar-refractivity contribution in [1.82, 2.24) is 10.2 Å². The average molecular weight is 372 g/mol. The van der Waals surface area contributed by atoms with Gasteiger partial charge in [-0.1, -0.05) is 44.2 Å². The third-order valence-corrected chi connectivity index (χ3v) is 5.26. The van der Waals surface area contributed by atoms with Gasteiger partial charge in [-0.25, -0.2) is 4.39 Å². The van der Waals surface area contributed by atoms with Gasteiger partial charge in [-0.15, -0.1) is 0 Å². The highest BCUT2D eigenvalue weighted by Gasteiger charge is 2.51. The molecule has 1 heterocycles. The van der Waals surface area contributed by atoms with Crippen LogP contribution in [0.4, 0.5) is 4.39 Å². The van der Waals surface area contributed by atoms with Crippen molar-refractivity contribution in [3.05, 3.63) is 47.8 Å². The molecule has 2 aliphatic rings. The van der Waals surface area contributed by atoms with E-state index < -0.39 is 17.8 Å². The van der Waals surface area contributed by atoms with E-state index in [1.54, 1.807) is 18.2 Å².